The van der Waals surface area contributed by atoms with E-state index in [0.717, 1.165) is 13.1 Å². The minimum absolute atomic E-state index is 0.960. The standard InChI is InChI=1S/C12H16N2.BF4/c1-9-4-5-12(11(3)10(9)2)14-7-6-13-8-14;2-1(3,4)5/h4-5,8H,6-7H2,1-3H3;/q;-1/p+1. The van der Waals surface area contributed by atoms with Crippen LogP contribution in [0.1, 0.15) is 16.7 Å². The Labute approximate surface area is 110 Å². The number of quaternary nitrogens is 1. The summed E-state index contributed by atoms with van der Waals surface area (Å²) >= 11 is 0. The number of nitrogens with zero attached hydrogens (tertiary/aromatic N) is 1. The highest BCUT2D eigenvalue weighted by molar-refractivity contribution is 6.50. The second-order valence-corrected chi connectivity index (χ2v) is 4.49. The molecule has 1 aliphatic rings. The molecule has 0 aliphatic carbocycles. The van der Waals surface area contributed by atoms with Gasteiger partial charge in [-0.3, -0.25) is 4.90 Å². The molecular weight excluding hydrogens is 259 g/mol. The maximum Gasteiger partial charge on any atom is 0.673 e. The zero-order chi connectivity index (χ0) is 14.6. The van der Waals surface area contributed by atoms with Crippen LogP contribution in [0.25, 0.3) is 0 Å². The van der Waals surface area contributed by atoms with E-state index in [1.807, 2.05) is 6.34 Å². The van der Waals surface area contributed by atoms with Crippen molar-refractivity contribution in [2.45, 2.75) is 20.8 Å². The number of aliphatic imine (C=N–C) groups is 1. The monoisotopic (exact) mass is 276 g/mol. The molecule has 2 rings (SSSR count). The molecule has 0 aromatic heterocycles. The Balaban J connectivity index is 0.000000312. The number of nitrogens with one attached hydrogen (secondary N) is 1. The third kappa shape index (κ3) is 5.02. The first-order valence-corrected chi connectivity index (χ1v) is 6.00. The van der Waals surface area contributed by atoms with Crippen molar-refractivity contribution in [1.82, 2.24) is 0 Å². The molecule has 1 atom stereocenters. The van der Waals surface area contributed by atoms with Gasteiger partial charge in [-0.25, -0.2) is 4.99 Å². The van der Waals surface area contributed by atoms with E-state index in [4.69, 9.17) is 0 Å². The Morgan fingerprint density at radius 1 is 1.05 bits per heavy atom. The van der Waals surface area contributed by atoms with Gasteiger partial charge < -0.3 is 17.3 Å². The Hall–Kier alpha value is -1.37. The summed E-state index contributed by atoms with van der Waals surface area (Å²) in [6.07, 6.45) is 2.02. The van der Waals surface area contributed by atoms with Crippen LogP contribution in [-0.4, -0.2) is 26.7 Å². The molecule has 1 N–H and O–H groups in total. The van der Waals surface area contributed by atoms with Crippen LogP contribution in [0.4, 0.5) is 23.0 Å². The molecule has 2 nitrogen and oxygen atoms in total. The topological polar surface area (TPSA) is 16.8 Å². The SMILES string of the molecule is Cc1ccc([NH+]2C=NCC2)c(C)c1C.F[B-](F)(F)F. The average molecular weight is 276 g/mol. The lowest BCUT2D eigenvalue weighted by Gasteiger charge is -2.13. The molecule has 0 saturated heterocycles. The second-order valence-electron chi connectivity index (χ2n) is 4.49. The predicted molar refractivity (Wildman–Crippen MR) is 69.7 cm³/mol. The number of aryl methyl sites for hydroxylation is 1. The molecule has 0 bridgehead atoms. The van der Waals surface area contributed by atoms with Gasteiger partial charge in [-0.1, -0.05) is 6.07 Å². The van der Waals surface area contributed by atoms with Crippen LogP contribution < -0.4 is 4.90 Å². The van der Waals surface area contributed by atoms with E-state index in [2.05, 4.69) is 37.9 Å². The molecule has 106 valence electrons. The first-order chi connectivity index (χ1) is 8.70. The van der Waals surface area contributed by atoms with Crippen LogP contribution in [0.3, 0.4) is 0 Å². The highest BCUT2D eigenvalue weighted by Gasteiger charge is 2.20. The van der Waals surface area contributed by atoms with E-state index in [1.54, 1.807) is 0 Å². The molecule has 0 spiro atoms. The van der Waals surface area contributed by atoms with Crippen molar-refractivity contribution in [2.24, 2.45) is 4.99 Å². The van der Waals surface area contributed by atoms with Gasteiger partial charge in [-0.2, -0.15) is 0 Å². The Bertz CT molecular complexity index is 466. The van der Waals surface area contributed by atoms with Crippen LogP contribution in [0.5, 0.6) is 0 Å². The molecule has 1 aliphatic heterocycles. The second kappa shape index (κ2) is 6.19. The first kappa shape index (κ1) is 15.7. The number of benzene rings is 1. The maximum absolute atomic E-state index is 9.75. The number of rotatable bonds is 1. The molecule has 0 fully saturated rings. The third-order valence-electron chi connectivity index (χ3n) is 3.16. The normalized spacial score (nSPS) is 18.2. The van der Waals surface area contributed by atoms with Crippen molar-refractivity contribution in [3.05, 3.63) is 28.8 Å². The summed E-state index contributed by atoms with van der Waals surface area (Å²) in [5.74, 6) is 0. The van der Waals surface area contributed by atoms with E-state index >= 15 is 0 Å². The number of hydrogen-bond acceptors (Lipinski definition) is 1. The summed E-state index contributed by atoms with van der Waals surface area (Å²) in [6, 6.07) is 4.43. The fraction of sp³-hybridized carbons (Fsp3) is 0.417. The van der Waals surface area contributed by atoms with Gasteiger partial charge in [0.1, 0.15) is 12.2 Å². The van der Waals surface area contributed by atoms with Gasteiger partial charge in [0.2, 0.25) is 0 Å². The average Bonchev–Trinajstić information content (AvgIpc) is 2.77. The lowest BCUT2D eigenvalue weighted by Crippen LogP contribution is -3.05. The minimum atomic E-state index is -6.00. The van der Waals surface area contributed by atoms with Gasteiger partial charge >= 0.3 is 7.25 Å². The van der Waals surface area contributed by atoms with Crippen LogP contribution in [0, 0.1) is 20.8 Å². The van der Waals surface area contributed by atoms with Crippen molar-refractivity contribution in [2.75, 3.05) is 13.1 Å². The zero-order valence-electron chi connectivity index (χ0n) is 11.2. The molecule has 0 saturated carbocycles. The largest absolute Gasteiger partial charge is 0.673 e. The fourth-order valence-corrected chi connectivity index (χ4v) is 1.93. The van der Waals surface area contributed by atoms with Gasteiger partial charge in [0.25, 0.3) is 0 Å². The predicted octanol–water partition coefficient (Wildman–Crippen LogP) is 2.47. The molecule has 0 radical (unpaired) electrons. The Morgan fingerprint density at radius 3 is 2.11 bits per heavy atom. The van der Waals surface area contributed by atoms with Crippen LogP contribution in [-0.2, 0) is 0 Å². The molecule has 1 aromatic rings. The quantitative estimate of drug-likeness (QED) is 0.599. The van der Waals surface area contributed by atoms with E-state index in [-0.39, 0.29) is 0 Å². The summed E-state index contributed by atoms with van der Waals surface area (Å²) in [7, 11) is -6.00. The zero-order valence-corrected chi connectivity index (χ0v) is 11.2. The van der Waals surface area contributed by atoms with Crippen molar-refractivity contribution in [3.63, 3.8) is 0 Å². The van der Waals surface area contributed by atoms with Gasteiger partial charge in [0, 0.05) is 11.6 Å². The molecule has 0 amide bonds. The number of halogens is 4. The molecule has 7 heteroatoms. The van der Waals surface area contributed by atoms with Gasteiger partial charge in [0.05, 0.1) is 6.54 Å². The fourth-order valence-electron chi connectivity index (χ4n) is 1.93. The Morgan fingerprint density at radius 2 is 1.63 bits per heavy atom. The molecule has 1 unspecified atom stereocenters. The third-order valence-corrected chi connectivity index (χ3v) is 3.16. The molecule has 1 aromatic carbocycles. The molecular formula is C12H17BF4N2. The van der Waals surface area contributed by atoms with Crippen molar-refractivity contribution in [1.29, 1.82) is 0 Å². The summed E-state index contributed by atoms with van der Waals surface area (Å²) < 4.78 is 39.0. The molecule has 1 heterocycles. The summed E-state index contributed by atoms with van der Waals surface area (Å²) in [6.45, 7) is 8.63. The summed E-state index contributed by atoms with van der Waals surface area (Å²) in [4.78, 5) is 5.67. The van der Waals surface area contributed by atoms with Gasteiger partial charge in [-0.15, -0.1) is 0 Å². The minimum Gasteiger partial charge on any atom is -0.418 e. The smallest absolute Gasteiger partial charge is 0.418 e. The van der Waals surface area contributed by atoms with Crippen LogP contribution in [0.15, 0.2) is 17.1 Å². The van der Waals surface area contributed by atoms with Crippen LogP contribution in [0.2, 0.25) is 0 Å². The number of hydrogen-bond donors (Lipinski definition) is 1. The van der Waals surface area contributed by atoms with E-state index in [1.165, 1.54) is 27.3 Å². The van der Waals surface area contributed by atoms with E-state index in [9.17, 15) is 17.3 Å². The lowest BCUT2D eigenvalue weighted by molar-refractivity contribution is -0.715. The maximum atomic E-state index is 9.75. The molecule has 19 heavy (non-hydrogen) atoms. The highest BCUT2D eigenvalue weighted by Crippen LogP contribution is 2.18. The highest BCUT2D eigenvalue weighted by atomic mass is 19.5. The lowest BCUT2D eigenvalue weighted by atomic mass is 10.0. The van der Waals surface area contributed by atoms with E-state index in [0.29, 0.717) is 0 Å². The van der Waals surface area contributed by atoms with Crippen molar-refractivity contribution < 1.29 is 22.2 Å². The van der Waals surface area contributed by atoms with Crippen LogP contribution >= 0.6 is 0 Å². The Kier molecular flexibility index (Phi) is 5.11. The summed E-state index contributed by atoms with van der Waals surface area (Å²) in [5, 5.41) is 0. The van der Waals surface area contributed by atoms with Crippen molar-refractivity contribution >= 4 is 19.3 Å². The van der Waals surface area contributed by atoms with E-state index < -0.39 is 7.25 Å². The van der Waals surface area contributed by atoms with Gasteiger partial charge in [-0.05, 0) is 31.9 Å². The van der Waals surface area contributed by atoms with Crippen molar-refractivity contribution in [3.8, 4) is 0 Å². The van der Waals surface area contributed by atoms with Gasteiger partial charge in [0.15, 0.2) is 6.34 Å². The summed E-state index contributed by atoms with van der Waals surface area (Å²) in [5.41, 5.74) is 5.58. The first-order valence-electron chi connectivity index (χ1n) is 6.00.